The van der Waals surface area contributed by atoms with Crippen LogP contribution in [0, 0.1) is 11.3 Å². The Labute approximate surface area is 180 Å². The van der Waals surface area contributed by atoms with Gasteiger partial charge in [0.05, 0.1) is 22.7 Å². The zero-order valence-corrected chi connectivity index (χ0v) is 16.4. The summed E-state index contributed by atoms with van der Waals surface area (Å²) in [6.07, 6.45) is -4.46. The third kappa shape index (κ3) is 3.06. The predicted octanol–water partition coefficient (Wildman–Crippen LogP) is 5.47. The third-order valence-electron chi connectivity index (χ3n) is 5.57. The Balaban J connectivity index is 1.73. The summed E-state index contributed by atoms with van der Waals surface area (Å²) < 4.78 is 44.8. The van der Waals surface area contributed by atoms with Gasteiger partial charge in [0.1, 0.15) is 11.6 Å². The molecule has 1 atom stereocenters. The number of H-pyrrole nitrogens is 1. The summed E-state index contributed by atoms with van der Waals surface area (Å²) in [5, 5.41) is 19.0. The first kappa shape index (κ1) is 19.7. The van der Waals surface area contributed by atoms with Crippen LogP contribution < -0.4 is 10.5 Å². The van der Waals surface area contributed by atoms with Gasteiger partial charge in [-0.05, 0) is 28.5 Å². The number of hydrogen-bond acceptors (Lipinski definition) is 4. The fraction of sp³-hybridized carbons (Fsp3) is 0.0833. The number of nitrogens with zero attached hydrogens (tertiary/aromatic N) is 2. The van der Waals surface area contributed by atoms with E-state index < -0.39 is 17.7 Å². The molecule has 8 heteroatoms. The van der Waals surface area contributed by atoms with Gasteiger partial charge in [-0.15, -0.1) is 5.10 Å². The van der Waals surface area contributed by atoms with Gasteiger partial charge in [0.25, 0.3) is 0 Å². The molecule has 158 valence electrons. The van der Waals surface area contributed by atoms with E-state index in [-0.39, 0.29) is 17.3 Å². The van der Waals surface area contributed by atoms with Crippen LogP contribution in [0.1, 0.15) is 22.6 Å². The second kappa shape index (κ2) is 7.17. The quantitative estimate of drug-likeness (QED) is 0.440. The van der Waals surface area contributed by atoms with E-state index in [0.29, 0.717) is 16.8 Å². The predicted molar refractivity (Wildman–Crippen MR) is 112 cm³/mol. The maximum Gasteiger partial charge on any atom is 0.416 e. The van der Waals surface area contributed by atoms with Gasteiger partial charge in [-0.1, -0.05) is 54.6 Å². The lowest BCUT2D eigenvalue weighted by Crippen LogP contribution is -2.21. The number of aromatic nitrogens is 2. The van der Waals surface area contributed by atoms with E-state index in [1.54, 1.807) is 0 Å². The molecular weight excluding hydrogens is 417 g/mol. The standard InChI is InChI=1S/C24H15F3N4O/c25-24(26,27)15-10-8-14(9-11-15)19-18(12-28)22(29)32-23-20(19)21(30-31-23)17-7-3-5-13-4-1-2-6-16(13)17/h1-11,19H,29H2,(H,30,31)/t19-/m0/s1. The third-order valence-corrected chi connectivity index (χ3v) is 5.57. The molecule has 3 N–H and O–H groups in total. The Morgan fingerprint density at radius 3 is 2.44 bits per heavy atom. The number of ether oxygens (including phenoxy) is 1. The van der Waals surface area contributed by atoms with Gasteiger partial charge < -0.3 is 10.5 Å². The summed E-state index contributed by atoms with van der Waals surface area (Å²) in [6, 6.07) is 20.3. The van der Waals surface area contributed by atoms with E-state index in [4.69, 9.17) is 10.5 Å². The molecule has 1 aliphatic heterocycles. The van der Waals surface area contributed by atoms with Crippen LogP contribution in [0.15, 0.2) is 78.2 Å². The van der Waals surface area contributed by atoms with Crippen molar-refractivity contribution in [3.8, 4) is 23.2 Å². The van der Waals surface area contributed by atoms with Crippen LogP contribution in [-0.2, 0) is 6.18 Å². The minimum Gasteiger partial charge on any atom is -0.420 e. The highest BCUT2D eigenvalue weighted by molar-refractivity contribution is 5.97. The zero-order valence-electron chi connectivity index (χ0n) is 16.4. The lowest BCUT2D eigenvalue weighted by atomic mass is 9.82. The Kier molecular flexibility index (Phi) is 4.41. The molecule has 5 nitrogen and oxygen atoms in total. The lowest BCUT2D eigenvalue weighted by Gasteiger charge is -2.24. The van der Waals surface area contributed by atoms with Gasteiger partial charge in [-0.25, -0.2) is 0 Å². The first-order valence-electron chi connectivity index (χ1n) is 9.69. The van der Waals surface area contributed by atoms with E-state index in [2.05, 4.69) is 16.3 Å². The summed E-state index contributed by atoms with van der Waals surface area (Å²) >= 11 is 0. The van der Waals surface area contributed by atoms with E-state index in [1.807, 2.05) is 42.5 Å². The second-order valence-corrected chi connectivity index (χ2v) is 7.39. The Morgan fingerprint density at radius 2 is 1.72 bits per heavy atom. The molecule has 0 unspecified atom stereocenters. The molecule has 5 rings (SSSR count). The summed E-state index contributed by atoms with van der Waals surface area (Å²) in [4.78, 5) is 0. The first-order valence-corrected chi connectivity index (χ1v) is 9.69. The van der Waals surface area contributed by atoms with Crippen molar-refractivity contribution < 1.29 is 17.9 Å². The molecule has 0 amide bonds. The molecule has 0 aliphatic carbocycles. The minimum absolute atomic E-state index is 0.111. The number of allylic oxidation sites excluding steroid dienone is 1. The maximum absolute atomic E-state index is 13.1. The number of nitriles is 1. The molecule has 1 aliphatic rings. The number of alkyl halides is 3. The van der Waals surface area contributed by atoms with Crippen molar-refractivity contribution in [2.24, 2.45) is 5.73 Å². The van der Waals surface area contributed by atoms with Crippen LogP contribution in [0.2, 0.25) is 0 Å². The van der Waals surface area contributed by atoms with E-state index in [9.17, 15) is 18.4 Å². The van der Waals surface area contributed by atoms with E-state index in [0.717, 1.165) is 28.5 Å². The fourth-order valence-corrected chi connectivity index (χ4v) is 4.09. The van der Waals surface area contributed by atoms with Crippen molar-refractivity contribution in [1.82, 2.24) is 10.2 Å². The smallest absolute Gasteiger partial charge is 0.416 e. The number of benzene rings is 3. The number of rotatable bonds is 2. The highest BCUT2D eigenvalue weighted by Crippen LogP contribution is 2.47. The zero-order chi connectivity index (χ0) is 22.5. The van der Waals surface area contributed by atoms with Crippen molar-refractivity contribution in [2.45, 2.75) is 12.1 Å². The van der Waals surface area contributed by atoms with Gasteiger partial charge in [0.2, 0.25) is 11.8 Å². The van der Waals surface area contributed by atoms with Crippen molar-refractivity contribution in [3.63, 3.8) is 0 Å². The Morgan fingerprint density at radius 1 is 1.00 bits per heavy atom. The molecular formula is C24H15F3N4O. The topological polar surface area (TPSA) is 87.7 Å². The summed E-state index contributed by atoms with van der Waals surface area (Å²) in [7, 11) is 0. The monoisotopic (exact) mass is 432 g/mol. The highest BCUT2D eigenvalue weighted by atomic mass is 19.4. The van der Waals surface area contributed by atoms with Crippen LogP contribution in [0.25, 0.3) is 22.0 Å². The largest absolute Gasteiger partial charge is 0.420 e. The summed E-state index contributed by atoms with van der Waals surface area (Å²) in [5.74, 6) is -0.672. The van der Waals surface area contributed by atoms with Crippen LogP contribution in [0.3, 0.4) is 0 Å². The average molecular weight is 432 g/mol. The molecule has 3 aromatic carbocycles. The van der Waals surface area contributed by atoms with Gasteiger partial charge in [0.15, 0.2) is 0 Å². The molecule has 0 spiro atoms. The maximum atomic E-state index is 13.1. The van der Waals surface area contributed by atoms with Gasteiger partial charge in [-0.3, -0.25) is 5.10 Å². The van der Waals surface area contributed by atoms with Gasteiger partial charge >= 0.3 is 6.18 Å². The van der Waals surface area contributed by atoms with E-state index in [1.165, 1.54) is 12.1 Å². The number of halogens is 3. The van der Waals surface area contributed by atoms with Crippen molar-refractivity contribution in [2.75, 3.05) is 0 Å². The number of hydrogen-bond donors (Lipinski definition) is 2. The number of fused-ring (bicyclic) bond motifs is 2. The Bertz CT molecular complexity index is 1410. The number of nitrogens with one attached hydrogen (secondary N) is 1. The van der Waals surface area contributed by atoms with Crippen molar-refractivity contribution in [3.05, 3.63) is 94.9 Å². The normalized spacial score (nSPS) is 15.9. The number of nitrogens with two attached hydrogens (primary N) is 1. The minimum atomic E-state index is -4.46. The second-order valence-electron chi connectivity index (χ2n) is 7.39. The average Bonchev–Trinajstić information content (AvgIpc) is 3.20. The summed E-state index contributed by atoms with van der Waals surface area (Å²) in [6.45, 7) is 0. The Hall–Kier alpha value is -4.25. The van der Waals surface area contributed by atoms with E-state index >= 15 is 0 Å². The molecule has 0 saturated heterocycles. The molecule has 0 fully saturated rings. The number of aromatic amines is 1. The van der Waals surface area contributed by atoms with Crippen LogP contribution in [0.5, 0.6) is 5.88 Å². The highest BCUT2D eigenvalue weighted by Gasteiger charge is 2.37. The SMILES string of the molecule is N#CC1=C(N)Oc2n[nH]c(-c3cccc4ccccc34)c2[C@H]1c1ccc(C(F)(F)F)cc1. The molecule has 0 radical (unpaired) electrons. The molecule has 1 aromatic heterocycles. The lowest BCUT2D eigenvalue weighted by molar-refractivity contribution is -0.137. The summed E-state index contributed by atoms with van der Waals surface area (Å²) in [5.41, 5.74) is 7.78. The van der Waals surface area contributed by atoms with Crippen LogP contribution in [0.4, 0.5) is 13.2 Å². The fourth-order valence-electron chi connectivity index (χ4n) is 4.09. The molecule has 32 heavy (non-hydrogen) atoms. The van der Waals surface area contributed by atoms with Crippen molar-refractivity contribution >= 4 is 10.8 Å². The molecule has 2 heterocycles. The molecule has 0 saturated carbocycles. The van der Waals surface area contributed by atoms with Crippen LogP contribution in [-0.4, -0.2) is 10.2 Å². The van der Waals surface area contributed by atoms with Gasteiger partial charge in [-0.2, -0.15) is 18.4 Å². The van der Waals surface area contributed by atoms with Crippen molar-refractivity contribution in [1.29, 1.82) is 5.26 Å². The molecule has 0 bridgehead atoms. The first-order chi connectivity index (χ1) is 15.4. The van der Waals surface area contributed by atoms with Crippen LogP contribution >= 0.6 is 0 Å². The molecule has 4 aromatic rings. The van der Waals surface area contributed by atoms with Gasteiger partial charge in [0, 0.05) is 5.56 Å².